The number of carbonyl (C=O) groups is 2. The SMILES string of the molecule is CCCC(C)N1CC(C(=O)N2CCCC2CN)CC1=O. The summed E-state index contributed by atoms with van der Waals surface area (Å²) in [6.07, 6.45) is 4.47. The highest BCUT2D eigenvalue weighted by molar-refractivity contribution is 5.89. The number of nitrogens with zero attached hydrogens (tertiary/aromatic N) is 2. The van der Waals surface area contributed by atoms with Crippen LogP contribution in [0.25, 0.3) is 0 Å². The second-order valence-corrected chi connectivity index (χ2v) is 6.15. The first kappa shape index (κ1) is 15.3. The maximum atomic E-state index is 12.6. The van der Waals surface area contributed by atoms with E-state index in [1.165, 1.54) is 0 Å². The summed E-state index contributed by atoms with van der Waals surface area (Å²) >= 11 is 0. The highest BCUT2D eigenvalue weighted by Crippen LogP contribution is 2.27. The summed E-state index contributed by atoms with van der Waals surface area (Å²) in [4.78, 5) is 28.5. The smallest absolute Gasteiger partial charge is 0.228 e. The average Bonchev–Trinajstić information content (AvgIpc) is 3.04. The lowest BCUT2D eigenvalue weighted by atomic mass is 10.1. The van der Waals surface area contributed by atoms with Crippen LogP contribution in [0.4, 0.5) is 0 Å². The van der Waals surface area contributed by atoms with Crippen molar-refractivity contribution >= 4 is 11.8 Å². The first-order valence-corrected chi connectivity index (χ1v) is 7.88. The number of nitrogens with two attached hydrogens (primary N) is 1. The Morgan fingerprint density at radius 3 is 2.90 bits per heavy atom. The second-order valence-electron chi connectivity index (χ2n) is 6.15. The molecule has 2 saturated heterocycles. The number of amides is 2. The third-order valence-corrected chi connectivity index (χ3v) is 4.68. The van der Waals surface area contributed by atoms with Gasteiger partial charge in [0.25, 0.3) is 0 Å². The minimum absolute atomic E-state index is 0.132. The van der Waals surface area contributed by atoms with Crippen LogP contribution in [0.2, 0.25) is 0 Å². The first-order valence-electron chi connectivity index (χ1n) is 7.88. The highest BCUT2D eigenvalue weighted by atomic mass is 16.2. The monoisotopic (exact) mass is 281 g/mol. The molecule has 0 aromatic carbocycles. The minimum atomic E-state index is -0.158. The largest absolute Gasteiger partial charge is 0.339 e. The Bertz CT molecular complexity index is 372. The summed E-state index contributed by atoms with van der Waals surface area (Å²) in [5, 5.41) is 0. The lowest BCUT2D eigenvalue weighted by molar-refractivity contribution is -0.136. The second kappa shape index (κ2) is 6.57. The zero-order valence-corrected chi connectivity index (χ0v) is 12.7. The Balaban J connectivity index is 1.97. The van der Waals surface area contributed by atoms with Gasteiger partial charge in [-0.1, -0.05) is 13.3 Å². The molecule has 2 rings (SSSR count). The van der Waals surface area contributed by atoms with Crippen LogP contribution in [-0.2, 0) is 9.59 Å². The molecule has 5 nitrogen and oxygen atoms in total. The molecule has 2 amide bonds. The molecule has 2 N–H and O–H groups in total. The van der Waals surface area contributed by atoms with Gasteiger partial charge in [-0.2, -0.15) is 0 Å². The predicted molar refractivity (Wildman–Crippen MR) is 78.0 cm³/mol. The van der Waals surface area contributed by atoms with Crippen LogP contribution in [-0.4, -0.2) is 53.3 Å². The van der Waals surface area contributed by atoms with E-state index in [0.717, 1.165) is 32.2 Å². The molecular weight excluding hydrogens is 254 g/mol. The summed E-state index contributed by atoms with van der Waals surface area (Å²) in [6, 6.07) is 0.425. The molecule has 3 atom stereocenters. The van der Waals surface area contributed by atoms with E-state index in [-0.39, 0.29) is 29.8 Å². The van der Waals surface area contributed by atoms with Gasteiger partial charge in [-0.05, 0) is 26.2 Å². The zero-order valence-electron chi connectivity index (χ0n) is 12.7. The molecule has 20 heavy (non-hydrogen) atoms. The molecule has 3 unspecified atom stereocenters. The van der Waals surface area contributed by atoms with Gasteiger partial charge in [-0.3, -0.25) is 9.59 Å². The van der Waals surface area contributed by atoms with Crippen molar-refractivity contribution in [2.24, 2.45) is 11.7 Å². The van der Waals surface area contributed by atoms with Crippen LogP contribution >= 0.6 is 0 Å². The lowest BCUT2D eigenvalue weighted by Crippen LogP contribution is -2.44. The van der Waals surface area contributed by atoms with Crippen molar-refractivity contribution in [1.82, 2.24) is 9.80 Å². The minimum Gasteiger partial charge on any atom is -0.339 e. The Labute approximate surface area is 121 Å². The predicted octanol–water partition coefficient (Wildman–Crippen LogP) is 0.973. The summed E-state index contributed by atoms with van der Waals surface area (Å²) in [5.74, 6) is 0.110. The highest BCUT2D eigenvalue weighted by Gasteiger charge is 2.40. The maximum absolute atomic E-state index is 12.6. The van der Waals surface area contributed by atoms with Gasteiger partial charge in [0.15, 0.2) is 0 Å². The summed E-state index contributed by atoms with van der Waals surface area (Å²) < 4.78 is 0. The van der Waals surface area contributed by atoms with Crippen molar-refractivity contribution in [2.75, 3.05) is 19.6 Å². The van der Waals surface area contributed by atoms with Crippen LogP contribution in [0.5, 0.6) is 0 Å². The van der Waals surface area contributed by atoms with Crippen molar-refractivity contribution < 1.29 is 9.59 Å². The third kappa shape index (κ3) is 2.97. The molecule has 0 aromatic heterocycles. The van der Waals surface area contributed by atoms with Crippen LogP contribution < -0.4 is 5.73 Å². The van der Waals surface area contributed by atoms with Gasteiger partial charge >= 0.3 is 0 Å². The zero-order chi connectivity index (χ0) is 14.7. The fourth-order valence-corrected chi connectivity index (χ4v) is 3.50. The van der Waals surface area contributed by atoms with E-state index in [0.29, 0.717) is 19.5 Å². The molecule has 2 heterocycles. The standard InChI is InChI=1S/C15H27N3O2/c1-3-5-11(2)18-10-12(8-14(18)19)15(20)17-7-4-6-13(17)9-16/h11-13H,3-10,16H2,1-2H3. The van der Waals surface area contributed by atoms with Gasteiger partial charge in [-0.15, -0.1) is 0 Å². The molecule has 0 aliphatic carbocycles. The molecule has 114 valence electrons. The quantitative estimate of drug-likeness (QED) is 0.816. The van der Waals surface area contributed by atoms with Crippen LogP contribution in [0.1, 0.15) is 46.0 Å². The number of hydrogen-bond acceptors (Lipinski definition) is 3. The summed E-state index contributed by atoms with van der Waals surface area (Å²) in [6.45, 7) is 6.12. The van der Waals surface area contributed by atoms with Crippen LogP contribution in [0.3, 0.4) is 0 Å². The molecule has 2 aliphatic heterocycles. The van der Waals surface area contributed by atoms with Gasteiger partial charge in [0, 0.05) is 38.1 Å². The van der Waals surface area contributed by atoms with Crippen LogP contribution in [0.15, 0.2) is 0 Å². The van der Waals surface area contributed by atoms with E-state index in [1.807, 2.05) is 9.80 Å². The fourth-order valence-electron chi connectivity index (χ4n) is 3.50. The Kier molecular flexibility index (Phi) is 5.02. The van der Waals surface area contributed by atoms with Gasteiger partial charge in [-0.25, -0.2) is 0 Å². The van der Waals surface area contributed by atoms with Crippen LogP contribution in [0, 0.1) is 5.92 Å². The Morgan fingerprint density at radius 2 is 2.25 bits per heavy atom. The molecule has 0 saturated carbocycles. The third-order valence-electron chi connectivity index (χ3n) is 4.68. The van der Waals surface area contributed by atoms with Crippen molar-refractivity contribution in [2.45, 2.75) is 58.0 Å². The van der Waals surface area contributed by atoms with E-state index >= 15 is 0 Å². The van der Waals surface area contributed by atoms with Crippen molar-refractivity contribution in [1.29, 1.82) is 0 Å². The molecule has 0 spiro atoms. The van der Waals surface area contributed by atoms with E-state index in [9.17, 15) is 9.59 Å². The molecule has 2 fully saturated rings. The van der Waals surface area contributed by atoms with Gasteiger partial charge < -0.3 is 15.5 Å². The average molecular weight is 281 g/mol. The fraction of sp³-hybridized carbons (Fsp3) is 0.867. The van der Waals surface area contributed by atoms with E-state index in [2.05, 4.69) is 13.8 Å². The molecule has 5 heteroatoms. The molecular formula is C15H27N3O2. The Hall–Kier alpha value is -1.10. The lowest BCUT2D eigenvalue weighted by Gasteiger charge is -2.27. The molecule has 0 bridgehead atoms. The molecule has 2 aliphatic rings. The van der Waals surface area contributed by atoms with E-state index in [4.69, 9.17) is 5.73 Å². The molecule has 0 aromatic rings. The van der Waals surface area contributed by atoms with Gasteiger partial charge in [0.2, 0.25) is 11.8 Å². The maximum Gasteiger partial charge on any atom is 0.228 e. The number of hydrogen-bond donors (Lipinski definition) is 1. The number of rotatable bonds is 5. The van der Waals surface area contributed by atoms with Crippen molar-refractivity contribution in [3.63, 3.8) is 0 Å². The van der Waals surface area contributed by atoms with Crippen molar-refractivity contribution in [3.8, 4) is 0 Å². The number of carbonyl (C=O) groups excluding carboxylic acids is 2. The molecule has 0 radical (unpaired) electrons. The van der Waals surface area contributed by atoms with Gasteiger partial charge in [0.1, 0.15) is 0 Å². The topological polar surface area (TPSA) is 66.6 Å². The van der Waals surface area contributed by atoms with E-state index in [1.54, 1.807) is 0 Å². The number of likely N-dealkylation sites (tertiary alicyclic amines) is 2. The Morgan fingerprint density at radius 1 is 1.50 bits per heavy atom. The normalized spacial score (nSPS) is 28.2. The van der Waals surface area contributed by atoms with Crippen molar-refractivity contribution in [3.05, 3.63) is 0 Å². The van der Waals surface area contributed by atoms with Gasteiger partial charge in [0.05, 0.1) is 5.92 Å². The first-order chi connectivity index (χ1) is 9.58. The summed E-state index contributed by atoms with van der Waals surface area (Å²) in [5.41, 5.74) is 5.73. The van der Waals surface area contributed by atoms with E-state index < -0.39 is 0 Å². The summed E-state index contributed by atoms with van der Waals surface area (Å²) in [7, 11) is 0.